The predicted octanol–water partition coefficient (Wildman–Crippen LogP) is 2.30. The Morgan fingerprint density at radius 1 is 1.33 bits per heavy atom. The van der Waals surface area contributed by atoms with Crippen LogP contribution in [0.2, 0.25) is 0 Å². The molecule has 0 spiro atoms. The number of alkyl halides is 3. The largest absolute Gasteiger partial charge is 0.465 e. The highest BCUT2D eigenvalue weighted by atomic mass is 19.4. The highest BCUT2D eigenvalue weighted by Crippen LogP contribution is 2.41. The zero-order valence-corrected chi connectivity index (χ0v) is 17.4. The third-order valence-electron chi connectivity index (χ3n) is 5.12. The number of carbonyl (C=O) groups excluding carboxylic acids is 2. The van der Waals surface area contributed by atoms with Crippen molar-refractivity contribution in [2.75, 3.05) is 17.7 Å². The topological polar surface area (TPSA) is 151 Å². The van der Waals surface area contributed by atoms with Crippen molar-refractivity contribution in [2.24, 2.45) is 0 Å². The van der Waals surface area contributed by atoms with Crippen LogP contribution in [0.4, 0.5) is 24.8 Å². The van der Waals surface area contributed by atoms with Gasteiger partial charge in [-0.05, 0) is 19.9 Å². The fraction of sp³-hybridized carbons (Fsp3) is 0.368. The fourth-order valence-electron chi connectivity index (χ4n) is 3.47. The van der Waals surface area contributed by atoms with Gasteiger partial charge in [-0.15, -0.1) is 0 Å². The van der Waals surface area contributed by atoms with Gasteiger partial charge in [0.05, 0.1) is 30.8 Å². The van der Waals surface area contributed by atoms with Crippen LogP contribution in [0.25, 0.3) is 22.9 Å². The van der Waals surface area contributed by atoms with E-state index < -0.39 is 36.4 Å². The van der Waals surface area contributed by atoms with Gasteiger partial charge in [-0.25, -0.2) is 9.97 Å². The Labute approximate surface area is 184 Å². The molecule has 3 N–H and O–H groups in total. The van der Waals surface area contributed by atoms with Gasteiger partial charge in [-0.3, -0.25) is 14.3 Å². The number of anilines is 2. The number of carbonyl (C=O) groups is 2. The molecule has 0 aliphatic carbocycles. The first-order valence-corrected chi connectivity index (χ1v) is 9.77. The van der Waals surface area contributed by atoms with Crippen molar-refractivity contribution in [3.8, 4) is 22.9 Å². The van der Waals surface area contributed by atoms with Gasteiger partial charge in [0.2, 0.25) is 5.91 Å². The van der Waals surface area contributed by atoms with E-state index in [1.54, 1.807) is 6.92 Å². The Hall–Kier alpha value is -3.97. The Bertz CT molecular complexity index is 1220. The number of amides is 1. The number of ether oxygens (including phenoxy) is 1. The van der Waals surface area contributed by atoms with Crippen molar-refractivity contribution in [1.82, 2.24) is 24.9 Å². The van der Waals surface area contributed by atoms with Crippen LogP contribution in [0.15, 0.2) is 22.9 Å². The van der Waals surface area contributed by atoms with Gasteiger partial charge in [-0.1, -0.05) is 5.16 Å². The molecule has 0 saturated carbocycles. The molecule has 14 heteroatoms. The second-order valence-corrected chi connectivity index (χ2v) is 7.34. The summed E-state index contributed by atoms with van der Waals surface area (Å²) < 4.78 is 49.2. The van der Waals surface area contributed by atoms with E-state index in [9.17, 15) is 22.8 Å². The maximum absolute atomic E-state index is 12.8. The Kier molecular flexibility index (Phi) is 5.30. The fourth-order valence-corrected chi connectivity index (χ4v) is 3.47. The summed E-state index contributed by atoms with van der Waals surface area (Å²) in [4.78, 5) is 33.4. The predicted molar refractivity (Wildman–Crippen MR) is 106 cm³/mol. The number of aromatic nitrogens is 5. The monoisotopic (exact) mass is 465 g/mol. The van der Waals surface area contributed by atoms with Crippen molar-refractivity contribution in [2.45, 2.75) is 38.4 Å². The average molecular weight is 465 g/mol. The average Bonchev–Trinajstić information content (AvgIpc) is 3.45. The third kappa shape index (κ3) is 3.87. The molecule has 1 amide bonds. The Morgan fingerprint density at radius 2 is 2.09 bits per heavy atom. The first-order valence-electron chi connectivity index (χ1n) is 9.77. The number of nitrogen functional groups attached to an aromatic ring is 1. The zero-order chi connectivity index (χ0) is 24.0. The van der Waals surface area contributed by atoms with E-state index in [0.717, 1.165) is 4.68 Å². The van der Waals surface area contributed by atoms with Crippen molar-refractivity contribution in [3.63, 3.8) is 0 Å². The van der Waals surface area contributed by atoms with Gasteiger partial charge in [0.1, 0.15) is 29.3 Å². The lowest BCUT2D eigenvalue weighted by molar-refractivity contribution is -0.152. The highest BCUT2D eigenvalue weighted by Gasteiger charge is 2.53. The van der Waals surface area contributed by atoms with Crippen LogP contribution in [0.5, 0.6) is 0 Å². The number of nitrogens with one attached hydrogen (secondary N) is 1. The molecule has 4 heterocycles. The van der Waals surface area contributed by atoms with E-state index in [2.05, 4.69) is 25.5 Å². The van der Waals surface area contributed by atoms with E-state index in [0.29, 0.717) is 0 Å². The van der Waals surface area contributed by atoms with E-state index in [-0.39, 0.29) is 46.7 Å². The van der Waals surface area contributed by atoms with Crippen LogP contribution < -0.4 is 11.1 Å². The Balaban J connectivity index is 1.77. The van der Waals surface area contributed by atoms with Gasteiger partial charge >= 0.3 is 12.1 Å². The first-order chi connectivity index (χ1) is 15.5. The maximum Gasteiger partial charge on any atom is 0.390 e. The van der Waals surface area contributed by atoms with Crippen LogP contribution in [-0.2, 0) is 26.3 Å². The number of hydrogen-bond acceptors (Lipinski definition) is 9. The number of rotatable bonds is 6. The number of nitrogens with two attached hydrogens (primary N) is 1. The molecule has 0 fully saturated rings. The molecule has 3 aromatic rings. The van der Waals surface area contributed by atoms with E-state index in [1.807, 2.05) is 0 Å². The van der Waals surface area contributed by atoms with E-state index in [4.69, 9.17) is 15.0 Å². The SMILES string of the molecule is CCOC(=O)C1(C)C(=O)Nc2nc(-c3cc(-c4ccon4)n(CCC(F)(F)F)n3)nc(N)c21. The highest BCUT2D eigenvalue weighted by molar-refractivity contribution is 6.19. The van der Waals surface area contributed by atoms with Crippen molar-refractivity contribution in [1.29, 1.82) is 0 Å². The van der Waals surface area contributed by atoms with Crippen LogP contribution in [-0.4, -0.2) is 49.6 Å². The van der Waals surface area contributed by atoms with E-state index in [1.165, 1.54) is 25.3 Å². The third-order valence-corrected chi connectivity index (χ3v) is 5.12. The van der Waals surface area contributed by atoms with Crippen molar-refractivity contribution >= 4 is 23.5 Å². The number of esters is 1. The van der Waals surface area contributed by atoms with Crippen LogP contribution >= 0.6 is 0 Å². The molecule has 11 nitrogen and oxygen atoms in total. The minimum Gasteiger partial charge on any atom is -0.465 e. The summed E-state index contributed by atoms with van der Waals surface area (Å²) in [6.07, 6.45) is -4.25. The number of fused-ring (bicyclic) bond motifs is 1. The Morgan fingerprint density at radius 3 is 2.73 bits per heavy atom. The molecule has 1 aliphatic rings. The van der Waals surface area contributed by atoms with Gasteiger partial charge in [0.25, 0.3) is 0 Å². The molecule has 0 aromatic carbocycles. The second-order valence-electron chi connectivity index (χ2n) is 7.34. The summed E-state index contributed by atoms with van der Waals surface area (Å²) >= 11 is 0. The molecule has 1 atom stereocenters. The molecular weight excluding hydrogens is 447 g/mol. The lowest BCUT2D eigenvalue weighted by Crippen LogP contribution is -2.41. The summed E-state index contributed by atoms with van der Waals surface area (Å²) in [5, 5.41) is 10.4. The molecule has 4 rings (SSSR count). The quantitative estimate of drug-likeness (QED) is 0.413. The normalized spacial score (nSPS) is 17.7. The summed E-state index contributed by atoms with van der Waals surface area (Å²) in [5.41, 5.74) is 4.98. The summed E-state index contributed by atoms with van der Waals surface area (Å²) in [6.45, 7) is 2.51. The standard InChI is InChI=1S/C19H18F3N7O4/c1-3-32-17(31)18(2)12-13(23)24-14(25-15(12)26-16(18)30)10-8-11(9-4-7-33-28-9)29(27-10)6-5-19(20,21)22/h4,7-8H,3,5-6H2,1-2H3,(H3,23,24,25,26,30). The molecule has 1 aliphatic heterocycles. The lowest BCUT2D eigenvalue weighted by atomic mass is 9.84. The van der Waals surface area contributed by atoms with Crippen LogP contribution in [0.1, 0.15) is 25.8 Å². The van der Waals surface area contributed by atoms with E-state index >= 15 is 0 Å². The molecule has 0 radical (unpaired) electrons. The van der Waals surface area contributed by atoms with Gasteiger partial charge < -0.3 is 20.3 Å². The summed E-state index contributed by atoms with van der Waals surface area (Å²) in [5.74, 6) is -1.74. The summed E-state index contributed by atoms with van der Waals surface area (Å²) in [7, 11) is 0. The second kappa shape index (κ2) is 7.86. The minimum absolute atomic E-state index is 0.00844. The minimum atomic E-state index is -4.40. The lowest BCUT2D eigenvalue weighted by Gasteiger charge is -2.20. The zero-order valence-electron chi connectivity index (χ0n) is 17.4. The molecular formula is C19H18F3N7O4. The van der Waals surface area contributed by atoms with Crippen molar-refractivity contribution in [3.05, 3.63) is 24.0 Å². The number of halogens is 3. The first kappa shape index (κ1) is 22.2. The maximum atomic E-state index is 12.8. The smallest absolute Gasteiger partial charge is 0.390 e. The van der Waals surface area contributed by atoms with Gasteiger partial charge in [0, 0.05) is 6.07 Å². The number of nitrogens with zero attached hydrogens (tertiary/aromatic N) is 5. The molecule has 0 bridgehead atoms. The molecule has 3 aromatic heterocycles. The molecule has 1 unspecified atom stereocenters. The van der Waals surface area contributed by atoms with Gasteiger partial charge in [-0.2, -0.15) is 18.3 Å². The van der Waals surface area contributed by atoms with Crippen LogP contribution in [0.3, 0.4) is 0 Å². The summed E-state index contributed by atoms with van der Waals surface area (Å²) in [6, 6.07) is 2.89. The number of hydrogen-bond donors (Lipinski definition) is 2. The molecule has 174 valence electrons. The van der Waals surface area contributed by atoms with Gasteiger partial charge in [0.15, 0.2) is 11.2 Å². The molecule has 0 saturated heterocycles. The molecule has 33 heavy (non-hydrogen) atoms. The van der Waals surface area contributed by atoms with Crippen LogP contribution in [0, 0.1) is 0 Å². The number of aryl methyl sites for hydroxylation is 1. The van der Waals surface area contributed by atoms with Crippen molar-refractivity contribution < 1.29 is 32.0 Å².